The molecular weight excluding hydrogens is 395 g/mol. The Morgan fingerprint density at radius 3 is 2.50 bits per heavy atom. The molecule has 0 amide bonds. The Labute approximate surface area is 134 Å². The Balaban J connectivity index is 0.00000172. The molecular formula is C12H15IN2O4S. The summed E-state index contributed by atoms with van der Waals surface area (Å²) >= 11 is 1.86. The molecule has 0 spiro atoms. The van der Waals surface area contributed by atoms with Crippen LogP contribution in [0.4, 0.5) is 5.69 Å². The summed E-state index contributed by atoms with van der Waals surface area (Å²) in [6.45, 7) is 7.02. The summed E-state index contributed by atoms with van der Waals surface area (Å²) in [7, 11) is 0.977. The first-order chi connectivity index (χ1) is 9.43. The van der Waals surface area contributed by atoms with Gasteiger partial charge in [0.1, 0.15) is 6.07 Å². The molecule has 110 valence electrons. The number of nitriles is 1. The molecule has 0 aliphatic rings. The van der Waals surface area contributed by atoms with Gasteiger partial charge in [0.25, 0.3) is 0 Å². The third-order valence-corrected chi connectivity index (χ3v) is 3.36. The Bertz CT molecular complexity index is 531. The SMILES string of the molecule is CC.Cc1cc(C(C#N)OSI)c(C)c([N+](=O)[O-])c1O. The van der Waals surface area contributed by atoms with Gasteiger partial charge in [-0.1, -0.05) is 13.8 Å². The Kier molecular flexibility index (Phi) is 8.52. The van der Waals surface area contributed by atoms with E-state index in [4.69, 9.17) is 9.44 Å². The zero-order valence-electron chi connectivity index (χ0n) is 11.5. The first-order valence-electron chi connectivity index (χ1n) is 5.75. The van der Waals surface area contributed by atoms with Crippen molar-refractivity contribution in [2.75, 3.05) is 0 Å². The van der Waals surface area contributed by atoms with Gasteiger partial charge in [-0.25, -0.2) is 0 Å². The maximum Gasteiger partial charge on any atom is 0.314 e. The molecule has 0 aliphatic heterocycles. The molecule has 0 aliphatic carbocycles. The lowest BCUT2D eigenvalue weighted by Gasteiger charge is -2.13. The number of hydrogen-bond donors (Lipinski definition) is 1. The standard InChI is InChI=1S/C10H9IN2O4S.C2H6/c1-5-3-7(8(4-12)17-18-11)6(2)9(10(5)14)13(15)16;1-2/h3,8,14H,1-2H3;1-2H3. The van der Waals surface area contributed by atoms with E-state index in [2.05, 4.69) is 0 Å². The molecule has 0 saturated heterocycles. The van der Waals surface area contributed by atoms with Crippen LogP contribution in [-0.4, -0.2) is 10.0 Å². The maximum absolute atomic E-state index is 10.9. The van der Waals surface area contributed by atoms with Crippen molar-refractivity contribution in [2.24, 2.45) is 0 Å². The normalized spacial score (nSPS) is 11.0. The molecule has 0 aromatic heterocycles. The first-order valence-corrected chi connectivity index (χ1v) is 9.03. The number of halogens is 1. The summed E-state index contributed by atoms with van der Waals surface area (Å²) in [5.41, 5.74) is 0.584. The van der Waals surface area contributed by atoms with Gasteiger partial charge in [-0.05, 0) is 25.5 Å². The van der Waals surface area contributed by atoms with E-state index in [0.29, 0.717) is 11.1 Å². The van der Waals surface area contributed by atoms with Gasteiger partial charge >= 0.3 is 5.69 Å². The van der Waals surface area contributed by atoms with Gasteiger partial charge in [0.05, 0.1) is 14.1 Å². The monoisotopic (exact) mass is 410 g/mol. The number of hydrogen-bond acceptors (Lipinski definition) is 6. The molecule has 0 fully saturated rings. The zero-order valence-corrected chi connectivity index (χ0v) is 14.5. The molecule has 1 unspecified atom stereocenters. The summed E-state index contributed by atoms with van der Waals surface area (Å²) in [4.78, 5) is 10.3. The minimum absolute atomic E-state index is 0.236. The van der Waals surface area contributed by atoms with Gasteiger partial charge in [-0.15, -0.1) is 0 Å². The lowest BCUT2D eigenvalue weighted by atomic mass is 9.98. The summed E-state index contributed by atoms with van der Waals surface area (Å²) in [6, 6.07) is 3.45. The third-order valence-electron chi connectivity index (χ3n) is 2.47. The number of aromatic hydroxyl groups is 1. The van der Waals surface area contributed by atoms with Crippen LogP contribution in [0.1, 0.15) is 36.6 Å². The van der Waals surface area contributed by atoms with Crippen molar-refractivity contribution in [3.05, 3.63) is 32.9 Å². The highest BCUT2D eigenvalue weighted by Crippen LogP contribution is 2.39. The summed E-state index contributed by atoms with van der Waals surface area (Å²) < 4.78 is 5.13. The van der Waals surface area contributed by atoms with Gasteiger partial charge in [0.15, 0.2) is 11.9 Å². The predicted octanol–water partition coefficient (Wildman–Crippen LogP) is 4.52. The van der Waals surface area contributed by atoms with Crippen molar-refractivity contribution < 1.29 is 14.2 Å². The molecule has 1 N–H and O–H groups in total. The van der Waals surface area contributed by atoms with Crippen LogP contribution in [-0.2, 0) is 4.18 Å². The van der Waals surface area contributed by atoms with Crippen molar-refractivity contribution in [3.63, 3.8) is 0 Å². The van der Waals surface area contributed by atoms with E-state index in [1.165, 1.54) is 19.9 Å². The minimum Gasteiger partial charge on any atom is -0.502 e. The highest BCUT2D eigenvalue weighted by atomic mass is 127. The fraction of sp³-hybridized carbons (Fsp3) is 0.417. The van der Waals surface area contributed by atoms with Gasteiger partial charge in [-0.2, -0.15) is 5.26 Å². The van der Waals surface area contributed by atoms with Gasteiger partial charge < -0.3 is 5.11 Å². The van der Waals surface area contributed by atoms with Crippen LogP contribution in [0.25, 0.3) is 0 Å². The number of phenols is 1. The summed E-state index contributed by atoms with van der Waals surface area (Å²) in [5, 5.41) is 29.6. The van der Waals surface area contributed by atoms with Crippen molar-refractivity contribution >= 4 is 36.1 Å². The third kappa shape index (κ3) is 4.22. The van der Waals surface area contributed by atoms with Crippen LogP contribution in [0.2, 0.25) is 0 Å². The second-order valence-corrected chi connectivity index (χ2v) is 4.93. The van der Waals surface area contributed by atoms with E-state index in [-0.39, 0.29) is 17.0 Å². The van der Waals surface area contributed by atoms with Crippen molar-refractivity contribution in [2.45, 2.75) is 33.8 Å². The Morgan fingerprint density at radius 2 is 2.10 bits per heavy atom. The van der Waals surface area contributed by atoms with Crippen LogP contribution in [0, 0.1) is 35.3 Å². The van der Waals surface area contributed by atoms with Crippen LogP contribution >= 0.6 is 30.4 Å². The fourth-order valence-electron chi connectivity index (χ4n) is 1.59. The average molecular weight is 410 g/mol. The van der Waals surface area contributed by atoms with Gasteiger partial charge in [0.2, 0.25) is 0 Å². The lowest BCUT2D eigenvalue weighted by molar-refractivity contribution is -0.386. The van der Waals surface area contributed by atoms with Gasteiger partial charge in [0, 0.05) is 32.3 Å². The second-order valence-electron chi connectivity index (χ2n) is 3.53. The molecule has 1 aromatic rings. The topological polar surface area (TPSA) is 96.4 Å². The number of benzene rings is 1. The largest absolute Gasteiger partial charge is 0.502 e. The van der Waals surface area contributed by atoms with Crippen molar-refractivity contribution in [1.29, 1.82) is 5.26 Å². The Hall–Kier alpha value is -1.05. The van der Waals surface area contributed by atoms with Crippen molar-refractivity contribution in [1.82, 2.24) is 0 Å². The lowest BCUT2D eigenvalue weighted by Crippen LogP contribution is -2.04. The molecule has 1 atom stereocenters. The number of nitrogens with zero attached hydrogens (tertiary/aromatic N) is 2. The smallest absolute Gasteiger partial charge is 0.314 e. The number of nitro benzene ring substituents is 1. The molecule has 8 heteroatoms. The average Bonchev–Trinajstić information content (AvgIpc) is 2.42. The predicted molar refractivity (Wildman–Crippen MR) is 86.6 cm³/mol. The van der Waals surface area contributed by atoms with E-state index in [0.717, 1.165) is 9.21 Å². The zero-order chi connectivity index (χ0) is 15.9. The molecule has 1 aromatic carbocycles. The minimum atomic E-state index is -0.912. The summed E-state index contributed by atoms with van der Waals surface area (Å²) in [6.07, 6.45) is -0.912. The number of nitro groups is 1. The highest BCUT2D eigenvalue weighted by Gasteiger charge is 2.26. The molecule has 0 radical (unpaired) electrons. The van der Waals surface area contributed by atoms with Crippen LogP contribution in [0.5, 0.6) is 5.75 Å². The van der Waals surface area contributed by atoms with Crippen LogP contribution in [0.15, 0.2) is 6.07 Å². The highest BCUT2D eigenvalue weighted by molar-refractivity contribution is 14.2. The number of aryl methyl sites for hydroxylation is 1. The maximum atomic E-state index is 10.9. The van der Waals surface area contributed by atoms with E-state index >= 15 is 0 Å². The second kappa shape index (κ2) is 8.99. The molecule has 0 saturated carbocycles. The van der Waals surface area contributed by atoms with Crippen molar-refractivity contribution in [3.8, 4) is 11.8 Å². The number of rotatable bonds is 4. The quantitative estimate of drug-likeness (QED) is 0.339. The molecule has 0 heterocycles. The molecule has 6 nitrogen and oxygen atoms in total. The van der Waals surface area contributed by atoms with E-state index < -0.39 is 11.0 Å². The van der Waals surface area contributed by atoms with E-state index in [1.54, 1.807) is 0 Å². The fourth-order valence-corrected chi connectivity index (χ4v) is 2.43. The van der Waals surface area contributed by atoms with Crippen LogP contribution in [0.3, 0.4) is 0 Å². The first kappa shape index (κ1) is 18.9. The molecule has 20 heavy (non-hydrogen) atoms. The number of phenolic OH excluding ortho intramolecular Hbond substituents is 1. The summed E-state index contributed by atoms with van der Waals surface area (Å²) in [5.74, 6) is -0.375. The van der Waals surface area contributed by atoms with Gasteiger partial charge in [-0.3, -0.25) is 14.3 Å². The van der Waals surface area contributed by atoms with E-state index in [9.17, 15) is 15.2 Å². The molecule has 0 bridgehead atoms. The van der Waals surface area contributed by atoms with E-state index in [1.807, 2.05) is 41.1 Å². The Morgan fingerprint density at radius 1 is 1.55 bits per heavy atom. The van der Waals surface area contributed by atoms with Crippen LogP contribution < -0.4 is 0 Å². The molecule has 1 rings (SSSR count).